The van der Waals surface area contributed by atoms with Crippen LogP contribution in [0.3, 0.4) is 0 Å². The summed E-state index contributed by atoms with van der Waals surface area (Å²) in [7, 11) is 0. The van der Waals surface area contributed by atoms with Crippen molar-refractivity contribution in [3.8, 4) is 0 Å². The second-order valence-corrected chi connectivity index (χ2v) is 1.69. The number of oxazole rings is 1. The maximum absolute atomic E-state index is 4.92. The monoisotopic (exact) mass is 133 g/mol. The van der Waals surface area contributed by atoms with Crippen LogP contribution in [0.4, 0.5) is 0 Å². The summed E-state index contributed by atoms with van der Waals surface area (Å²) in [6.45, 7) is 0. The molecule has 0 aliphatic carbocycles. The van der Waals surface area contributed by atoms with Gasteiger partial charge in [0.15, 0.2) is 11.8 Å². The average Bonchev–Trinajstić information content (AvgIpc) is 2.28. The summed E-state index contributed by atoms with van der Waals surface area (Å²) in [6, 6.07) is 0. The molecule has 1 aromatic rings. The van der Waals surface area contributed by atoms with Crippen LogP contribution in [0.1, 0.15) is 0 Å². The van der Waals surface area contributed by atoms with Gasteiger partial charge < -0.3 is 4.42 Å². The van der Waals surface area contributed by atoms with Crippen molar-refractivity contribution in [2.24, 2.45) is 9.98 Å². The lowest BCUT2D eigenvalue weighted by Crippen LogP contribution is -2.20. The minimum Gasteiger partial charge on any atom is -0.440 e. The summed E-state index contributed by atoms with van der Waals surface area (Å²) in [5.74, 6) is 2.56. The Bertz CT molecular complexity index is 374. The van der Waals surface area contributed by atoms with E-state index in [2.05, 4.69) is 20.8 Å². The molecule has 0 saturated heterocycles. The summed E-state index contributed by atoms with van der Waals surface area (Å²) in [5, 5.41) is 0. The van der Waals surface area contributed by atoms with Crippen LogP contribution in [-0.4, -0.2) is 10.9 Å². The SMILES string of the molecule is C1=CN=c2ncoc2=CN=1. The van der Waals surface area contributed by atoms with Crippen LogP contribution < -0.4 is 10.9 Å². The van der Waals surface area contributed by atoms with Crippen molar-refractivity contribution in [2.45, 2.75) is 0 Å². The molecule has 4 heteroatoms. The van der Waals surface area contributed by atoms with Crippen LogP contribution in [0.15, 0.2) is 27.0 Å². The highest BCUT2D eigenvalue weighted by Gasteiger charge is 1.89. The van der Waals surface area contributed by atoms with Gasteiger partial charge in [-0.2, -0.15) is 4.98 Å². The minimum absolute atomic E-state index is 0.550. The molecule has 4 nitrogen and oxygen atoms in total. The predicted molar refractivity (Wildman–Crippen MR) is 33.8 cm³/mol. The fourth-order valence-corrected chi connectivity index (χ4v) is 0.654. The number of hydrogen-bond acceptors (Lipinski definition) is 4. The van der Waals surface area contributed by atoms with Crippen LogP contribution >= 0.6 is 0 Å². The summed E-state index contributed by atoms with van der Waals surface area (Å²) < 4.78 is 4.92. The Morgan fingerprint density at radius 2 is 2.50 bits per heavy atom. The van der Waals surface area contributed by atoms with E-state index in [1.54, 1.807) is 0 Å². The number of rotatable bonds is 0. The molecule has 1 aliphatic rings. The molecular weight excluding hydrogens is 130 g/mol. The van der Waals surface area contributed by atoms with Crippen LogP contribution in [0, 0.1) is 0 Å². The molecule has 2 rings (SSSR count). The van der Waals surface area contributed by atoms with Gasteiger partial charge in [-0.25, -0.2) is 9.98 Å². The Labute approximate surface area is 55.9 Å². The van der Waals surface area contributed by atoms with Crippen molar-refractivity contribution in [2.75, 3.05) is 0 Å². The average molecular weight is 133 g/mol. The van der Waals surface area contributed by atoms with Crippen LogP contribution in [0.5, 0.6) is 0 Å². The highest BCUT2D eigenvalue weighted by Crippen LogP contribution is 1.72. The smallest absolute Gasteiger partial charge is 0.200 e. The molecule has 0 N–H and O–H groups in total. The number of aromatic nitrogens is 1. The summed E-state index contributed by atoms with van der Waals surface area (Å²) in [6.07, 6.45) is 4.31. The third kappa shape index (κ3) is 0.674. The summed E-state index contributed by atoms with van der Waals surface area (Å²) in [4.78, 5) is 11.4. The van der Waals surface area contributed by atoms with E-state index in [0.717, 1.165) is 0 Å². The first-order valence-corrected chi connectivity index (χ1v) is 2.71. The lowest BCUT2D eigenvalue weighted by molar-refractivity contribution is 0.523. The van der Waals surface area contributed by atoms with Gasteiger partial charge in [0, 0.05) is 5.87 Å². The molecule has 0 unspecified atom stereocenters. The predicted octanol–water partition coefficient (Wildman–Crippen LogP) is -0.771. The van der Waals surface area contributed by atoms with Crippen molar-refractivity contribution in [3.63, 3.8) is 0 Å². The Morgan fingerprint density at radius 1 is 1.50 bits per heavy atom. The van der Waals surface area contributed by atoms with Crippen molar-refractivity contribution in [1.82, 2.24) is 4.98 Å². The standard InChI is InChI=1S/C6H3N3O/c1-2-8-6-5(3-7-1)10-4-9-6/h2-4H. The van der Waals surface area contributed by atoms with Crippen molar-refractivity contribution >= 4 is 12.1 Å². The van der Waals surface area contributed by atoms with E-state index in [0.29, 0.717) is 10.9 Å². The minimum atomic E-state index is 0.550. The number of hydrogen-bond donors (Lipinski definition) is 0. The van der Waals surface area contributed by atoms with E-state index in [9.17, 15) is 0 Å². The Kier molecular flexibility index (Phi) is 0.993. The molecule has 2 heterocycles. The molecular formula is C6H3N3O. The Morgan fingerprint density at radius 3 is 3.50 bits per heavy atom. The van der Waals surface area contributed by atoms with Gasteiger partial charge in [-0.3, -0.25) is 0 Å². The molecule has 0 aromatic carbocycles. The molecule has 0 spiro atoms. The van der Waals surface area contributed by atoms with Gasteiger partial charge in [0.05, 0.1) is 12.4 Å². The number of aliphatic imine (C=N–C) groups is 1. The molecule has 0 atom stereocenters. The zero-order valence-corrected chi connectivity index (χ0v) is 4.98. The van der Waals surface area contributed by atoms with Gasteiger partial charge in [-0.1, -0.05) is 0 Å². The maximum atomic E-state index is 4.92. The zero-order chi connectivity index (χ0) is 6.81. The van der Waals surface area contributed by atoms with E-state index in [1.807, 2.05) is 0 Å². The lowest BCUT2D eigenvalue weighted by atomic mass is 10.7. The van der Waals surface area contributed by atoms with E-state index in [-0.39, 0.29) is 0 Å². The highest BCUT2D eigenvalue weighted by molar-refractivity contribution is 5.55. The molecule has 0 fully saturated rings. The van der Waals surface area contributed by atoms with E-state index >= 15 is 0 Å². The second-order valence-electron chi connectivity index (χ2n) is 1.69. The van der Waals surface area contributed by atoms with Gasteiger partial charge >= 0.3 is 0 Å². The van der Waals surface area contributed by atoms with Crippen LogP contribution in [-0.2, 0) is 0 Å². The van der Waals surface area contributed by atoms with Gasteiger partial charge in [0.25, 0.3) is 0 Å². The maximum Gasteiger partial charge on any atom is 0.200 e. The molecule has 10 heavy (non-hydrogen) atoms. The van der Waals surface area contributed by atoms with Crippen molar-refractivity contribution in [3.05, 3.63) is 23.5 Å². The first-order valence-electron chi connectivity index (χ1n) is 2.71. The third-order valence-electron chi connectivity index (χ3n) is 1.08. The van der Waals surface area contributed by atoms with E-state index in [4.69, 9.17) is 4.42 Å². The second kappa shape index (κ2) is 1.93. The molecule has 0 saturated carbocycles. The molecule has 1 aromatic heterocycles. The van der Waals surface area contributed by atoms with Crippen molar-refractivity contribution in [1.29, 1.82) is 0 Å². The van der Waals surface area contributed by atoms with Gasteiger partial charge in [0.1, 0.15) is 0 Å². The molecule has 1 aliphatic heterocycles. The topological polar surface area (TPSA) is 50.8 Å². The van der Waals surface area contributed by atoms with Crippen molar-refractivity contribution < 1.29 is 4.42 Å². The quantitative estimate of drug-likeness (QED) is 0.466. The van der Waals surface area contributed by atoms with Gasteiger partial charge in [-0.05, 0) is 0 Å². The molecule has 48 valence electrons. The van der Waals surface area contributed by atoms with Crippen LogP contribution in [0.25, 0.3) is 6.20 Å². The zero-order valence-electron chi connectivity index (χ0n) is 4.98. The summed E-state index contributed by atoms with van der Waals surface area (Å²) in [5.41, 5.74) is 1.12. The molecule has 0 amide bonds. The van der Waals surface area contributed by atoms with Gasteiger partial charge in [-0.15, -0.1) is 0 Å². The van der Waals surface area contributed by atoms with E-state index in [1.165, 1.54) is 18.8 Å². The first-order chi connectivity index (χ1) is 4.97. The number of nitrogens with zero attached hydrogens (tertiary/aromatic N) is 3. The Balaban J connectivity index is 2.94. The van der Waals surface area contributed by atoms with E-state index < -0.39 is 0 Å². The first kappa shape index (κ1) is 5.14. The third-order valence-corrected chi connectivity index (χ3v) is 1.08. The molecule has 0 bridgehead atoms. The largest absolute Gasteiger partial charge is 0.440 e. The fraction of sp³-hybridized carbons (Fsp3) is 0. The normalized spacial score (nSPS) is 13.2. The fourth-order valence-electron chi connectivity index (χ4n) is 0.654. The van der Waals surface area contributed by atoms with Gasteiger partial charge in [0.2, 0.25) is 5.49 Å². The lowest BCUT2D eigenvalue weighted by Gasteiger charge is -1.66. The van der Waals surface area contributed by atoms with Crippen LogP contribution in [0.2, 0.25) is 0 Å². The number of fused-ring (bicyclic) bond motifs is 1. The highest BCUT2D eigenvalue weighted by atomic mass is 16.3. The molecule has 0 radical (unpaired) electrons. The Hall–Kier alpha value is -1.67. The summed E-state index contributed by atoms with van der Waals surface area (Å²) >= 11 is 0.